The fourth-order valence-electron chi connectivity index (χ4n) is 5.27. The number of nitrogens with one attached hydrogen (secondary N) is 2. The van der Waals surface area contributed by atoms with Crippen LogP contribution in [0.15, 0.2) is 48.5 Å². The number of nitrogens with zero attached hydrogens (tertiary/aromatic N) is 4. The Morgan fingerprint density at radius 2 is 1.06 bits per heavy atom. The monoisotopic (exact) mass is 750 g/mol. The van der Waals surface area contributed by atoms with Crippen LogP contribution in [0.3, 0.4) is 0 Å². The number of hydrogen-bond acceptors (Lipinski definition) is 7. The Morgan fingerprint density at radius 3 is 1.40 bits per heavy atom. The van der Waals surface area contributed by atoms with Gasteiger partial charge in [0, 0.05) is 26.0 Å². The fourth-order valence-corrected chi connectivity index (χ4v) is 5.64. The second-order valence-corrected chi connectivity index (χ2v) is 12.2. The summed E-state index contributed by atoms with van der Waals surface area (Å²) in [5.41, 5.74) is 17.5. The number of aromatic nitrogens is 4. The molecule has 14 heteroatoms. The van der Waals surface area contributed by atoms with Crippen LogP contribution >= 0.6 is 15.9 Å². The molecule has 0 aliphatic heterocycles. The number of amides is 4. The first-order chi connectivity index (χ1) is 23.9. The van der Waals surface area contributed by atoms with E-state index in [-0.39, 0.29) is 36.0 Å². The largest absolute Gasteiger partial charge is 0.377 e. The molecule has 50 heavy (non-hydrogen) atoms. The lowest BCUT2D eigenvalue weighted by atomic mass is 10.1. The van der Waals surface area contributed by atoms with Crippen LogP contribution in [-0.4, -0.2) is 49.8 Å². The van der Waals surface area contributed by atoms with Crippen LogP contribution in [0.25, 0.3) is 0 Å². The van der Waals surface area contributed by atoms with E-state index in [0.29, 0.717) is 48.8 Å². The Hall–Kier alpha value is -4.82. The highest BCUT2D eigenvalue weighted by Gasteiger charge is 2.23. The van der Waals surface area contributed by atoms with Crippen molar-refractivity contribution in [1.82, 2.24) is 19.6 Å². The molecule has 2 aromatic carbocycles. The van der Waals surface area contributed by atoms with Gasteiger partial charge in [0.25, 0.3) is 11.8 Å². The van der Waals surface area contributed by atoms with E-state index in [4.69, 9.17) is 16.2 Å². The van der Waals surface area contributed by atoms with Gasteiger partial charge in [-0.05, 0) is 42.0 Å². The molecule has 4 amide bonds. The SMILES string of the molecule is CCCc1nn(C)c(C(N)=O)c1NC(=O)Cc1ccc(CBr)cc1.CCCc1nn(C)c(C(N)=O)c1NC(=O)Cc1ccc(COCC)cc1. The van der Waals surface area contributed by atoms with Gasteiger partial charge in [-0.25, -0.2) is 0 Å². The lowest BCUT2D eigenvalue weighted by Gasteiger charge is -2.08. The minimum absolute atomic E-state index is 0.200. The van der Waals surface area contributed by atoms with Gasteiger partial charge in [-0.3, -0.25) is 28.5 Å². The van der Waals surface area contributed by atoms with E-state index in [1.807, 2.05) is 69.3 Å². The van der Waals surface area contributed by atoms with E-state index < -0.39 is 11.8 Å². The summed E-state index contributed by atoms with van der Waals surface area (Å²) in [5, 5.41) is 15.0. The first kappa shape index (κ1) is 39.6. The highest BCUT2D eigenvalue weighted by molar-refractivity contribution is 9.08. The van der Waals surface area contributed by atoms with Crippen LogP contribution < -0.4 is 22.1 Å². The second-order valence-electron chi connectivity index (χ2n) is 11.7. The van der Waals surface area contributed by atoms with E-state index in [1.54, 1.807) is 14.1 Å². The van der Waals surface area contributed by atoms with Crippen molar-refractivity contribution in [3.05, 3.63) is 93.6 Å². The van der Waals surface area contributed by atoms with Crippen LogP contribution in [0, 0.1) is 0 Å². The maximum absolute atomic E-state index is 12.5. The van der Waals surface area contributed by atoms with Gasteiger partial charge in [-0.1, -0.05) is 91.1 Å². The molecule has 0 bridgehead atoms. The number of nitrogens with two attached hydrogens (primary N) is 2. The quantitative estimate of drug-likeness (QED) is 0.119. The third kappa shape index (κ3) is 11.1. The van der Waals surface area contributed by atoms with E-state index in [2.05, 4.69) is 36.8 Å². The van der Waals surface area contributed by atoms with Crippen molar-refractivity contribution in [3.8, 4) is 0 Å². The molecule has 0 spiro atoms. The van der Waals surface area contributed by atoms with Crippen molar-refractivity contribution in [3.63, 3.8) is 0 Å². The number of primary amides is 2. The number of rotatable bonds is 16. The number of benzene rings is 2. The maximum Gasteiger partial charge on any atom is 0.269 e. The number of halogens is 1. The minimum atomic E-state index is -0.613. The molecule has 0 fully saturated rings. The fraction of sp³-hybridized carbons (Fsp3) is 0.389. The molecule has 4 rings (SSSR count). The predicted molar refractivity (Wildman–Crippen MR) is 197 cm³/mol. The molecular formula is C36H47BrN8O5. The number of carbonyl (C=O) groups is 4. The van der Waals surface area contributed by atoms with Crippen molar-refractivity contribution in [1.29, 1.82) is 0 Å². The molecule has 0 radical (unpaired) electrons. The Morgan fingerprint density at radius 1 is 0.680 bits per heavy atom. The first-order valence-electron chi connectivity index (χ1n) is 16.5. The van der Waals surface area contributed by atoms with Crippen LogP contribution in [0.1, 0.15) is 88.2 Å². The standard InChI is InChI=1S/C19H26N4O3.C17H21BrN4O2/c1-4-6-15-17(18(19(20)25)23(3)22-15)21-16(24)11-13-7-9-14(10-8-13)12-26-5-2;1-3-4-13-15(16(17(19)24)22(2)21-13)20-14(23)9-11-5-7-12(10-18)8-6-11/h7-10H,4-6,11-12H2,1-3H3,(H2,20,25)(H,21,24);5-8H,3-4,9-10H2,1-2H3,(H2,19,24)(H,20,23). The Balaban J connectivity index is 0.000000271. The Kier molecular flexibility index (Phi) is 15.4. The number of anilines is 2. The Labute approximate surface area is 301 Å². The zero-order valence-electron chi connectivity index (χ0n) is 29.3. The molecule has 0 unspecified atom stereocenters. The molecule has 4 aromatic rings. The average Bonchev–Trinajstić information content (AvgIpc) is 3.55. The molecule has 2 aromatic heterocycles. The van der Waals surface area contributed by atoms with E-state index in [9.17, 15) is 19.2 Å². The highest BCUT2D eigenvalue weighted by Crippen LogP contribution is 2.23. The van der Waals surface area contributed by atoms with Crippen LogP contribution in [-0.2, 0) is 66.0 Å². The third-order valence-electron chi connectivity index (χ3n) is 7.61. The van der Waals surface area contributed by atoms with Gasteiger partial charge in [-0.15, -0.1) is 0 Å². The summed E-state index contributed by atoms with van der Waals surface area (Å²) in [7, 11) is 3.29. The van der Waals surface area contributed by atoms with Gasteiger partial charge in [-0.2, -0.15) is 10.2 Å². The lowest BCUT2D eigenvalue weighted by molar-refractivity contribution is -0.116. The summed E-state index contributed by atoms with van der Waals surface area (Å²) in [6.07, 6.45) is 3.44. The normalized spacial score (nSPS) is 10.7. The maximum atomic E-state index is 12.5. The number of aryl methyl sites for hydroxylation is 4. The number of hydrogen-bond donors (Lipinski definition) is 4. The van der Waals surface area contributed by atoms with Crippen molar-refractivity contribution in [2.24, 2.45) is 25.6 Å². The number of carbonyl (C=O) groups excluding carboxylic acids is 4. The van der Waals surface area contributed by atoms with Crippen molar-refractivity contribution in [2.75, 3.05) is 17.2 Å². The third-order valence-corrected chi connectivity index (χ3v) is 8.26. The molecule has 6 N–H and O–H groups in total. The molecule has 13 nitrogen and oxygen atoms in total. The van der Waals surface area contributed by atoms with Gasteiger partial charge in [0.2, 0.25) is 11.8 Å². The second kappa shape index (κ2) is 19.4. The minimum Gasteiger partial charge on any atom is -0.377 e. The van der Waals surface area contributed by atoms with Crippen LogP contribution in [0.2, 0.25) is 0 Å². The van der Waals surface area contributed by atoms with Gasteiger partial charge in [0.05, 0.1) is 42.2 Å². The summed E-state index contributed by atoms with van der Waals surface area (Å²) in [6.45, 7) is 7.19. The van der Waals surface area contributed by atoms with Gasteiger partial charge in [0.15, 0.2) is 0 Å². The summed E-state index contributed by atoms with van der Waals surface area (Å²) in [5.74, 6) is -1.63. The molecule has 268 valence electrons. The van der Waals surface area contributed by atoms with E-state index >= 15 is 0 Å². The van der Waals surface area contributed by atoms with Crippen molar-refractivity contribution in [2.45, 2.75) is 71.2 Å². The molecule has 0 aliphatic carbocycles. The first-order valence-corrected chi connectivity index (χ1v) is 17.6. The molecule has 0 saturated heterocycles. The summed E-state index contributed by atoms with van der Waals surface area (Å²) in [6, 6.07) is 15.5. The average molecular weight is 752 g/mol. The molecule has 2 heterocycles. The topological polar surface area (TPSA) is 189 Å². The van der Waals surface area contributed by atoms with Gasteiger partial charge >= 0.3 is 0 Å². The van der Waals surface area contributed by atoms with E-state index in [0.717, 1.165) is 40.4 Å². The molecular weight excluding hydrogens is 704 g/mol. The summed E-state index contributed by atoms with van der Waals surface area (Å²) in [4.78, 5) is 48.2. The van der Waals surface area contributed by atoms with Crippen LogP contribution in [0.4, 0.5) is 11.4 Å². The van der Waals surface area contributed by atoms with Gasteiger partial charge in [0.1, 0.15) is 11.4 Å². The van der Waals surface area contributed by atoms with Crippen molar-refractivity contribution >= 4 is 50.9 Å². The molecule has 0 saturated carbocycles. The highest BCUT2D eigenvalue weighted by atomic mass is 79.9. The molecule has 0 atom stereocenters. The predicted octanol–water partition coefficient (Wildman–Crippen LogP) is 4.74. The zero-order chi connectivity index (χ0) is 36.8. The lowest BCUT2D eigenvalue weighted by Crippen LogP contribution is -2.21. The summed E-state index contributed by atoms with van der Waals surface area (Å²) < 4.78 is 8.21. The van der Waals surface area contributed by atoms with Crippen LogP contribution in [0.5, 0.6) is 0 Å². The molecule has 0 aliphatic rings. The number of ether oxygens (including phenoxy) is 1. The number of alkyl halides is 1. The van der Waals surface area contributed by atoms with Crippen molar-refractivity contribution < 1.29 is 23.9 Å². The Bertz CT molecular complexity index is 1760. The summed E-state index contributed by atoms with van der Waals surface area (Å²) >= 11 is 3.39. The smallest absolute Gasteiger partial charge is 0.269 e. The van der Waals surface area contributed by atoms with Gasteiger partial charge < -0.3 is 26.8 Å². The zero-order valence-corrected chi connectivity index (χ0v) is 30.9. The van der Waals surface area contributed by atoms with E-state index in [1.165, 1.54) is 9.36 Å².